The third kappa shape index (κ3) is 9.35. The van der Waals surface area contributed by atoms with Gasteiger partial charge in [-0.2, -0.15) is 5.26 Å². The number of hydrogen-bond donors (Lipinski definition) is 1. The minimum atomic E-state index is -1.57. The van der Waals surface area contributed by atoms with Crippen molar-refractivity contribution in [3.63, 3.8) is 0 Å². The van der Waals surface area contributed by atoms with Gasteiger partial charge in [0, 0.05) is 30.3 Å². The van der Waals surface area contributed by atoms with Crippen molar-refractivity contribution in [1.29, 1.82) is 5.26 Å². The van der Waals surface area contributed by atoms with Gasteiger partial charge in [0.15, 0.2) is 14.6 Å². The molecule has 208 valence electrons. The normalized spacial score (nSPS) is 21.1. The molecule has 2 rings (SSSR count). The molecule has 1 fully saturated rings. The third-order valence-electron chi connectivity index (χ3n) is 5.34. The zero-order valence-corrected chi connectivity index (χ0v) is 24.5. The number of ether oxygens (including phenoxy) is 1. The lowest BCUT2D eigenvalue weighted by atomic mass is 10.2. The van der Waals surface area contributed by atoms with E-state index in [0.717, 1.165) is 0 Å². The number of nitrogens with one attached hydrogen (secondary N) is 1. The fourth-order valence-electron chi connectivity index (χ4n) is 3.86. The number of rotatable bonds is 15. The summed E-state index contributed by atoms with van der Waals surface area (Å²) < 4.78 is 33.7. The average molecular weight is 559 g/mol. The number of aryl methyl sites for hydroxylation is 1. The van der Waals surface area contributed by atoms with Gasteiger partial charge in [-0.3, -0.25) is 14.3 Å². The van der Waals surface area contributed by atoms with E-state index in [1.54, 1.807) is 6.92 Å². The molecule has 2 heterocycles. The van der Waals surface area contributed by atoms with Crippen LogP contribution in [0.25, 0.3) is 0 Å². The molecule has 37 heavy (non-hydrogen) atoms. The van der Waals surface area contributed by atoms with Crippen LogP contribution in [0.4, 0.5) is 0 Å². The highest BCUT2D eigenvalue weighted by Gasteiger charge is 2.41. The number of aromatic amines is 1. The summed E-state index contributed by atoms with van der Waals surface area (Å²) in [5, 5.41) is 9.01. The second-order valence-corrected chi connectivity index (χ2v) is 11.7. The Morgan fingerprint density at radius 2 is 1.86 bits per heavy atom. The molecule has 4 atom stereocenters. The van der Waals surface area contributed by atoms with Gasteiger partial charge in [0.25, 0.3) is 14.1 Å². The molecule has 0 aromatic carbocycles. The molecule has 0 amide bonds. The minimum Gasteiger partial charge on any atom is -0.348 e. The molecule has 0 aliphatic carbocycles. The third-order valence-corrected chi connectivity index (χ3v) is 8.94. The second kappa shape index (κ2) is 15.8. The number of aromatic nitrogens is 2. The van der Waals surface area contributed by atoms with Gasteiger partial charge in [-0.1, -0.05) is 6.08 Å². The van der Waals surface area contributed by atoms with Gasteiger partial charge < -0.3 is 22.8 Å². The number of nitrogens with zero attached hydrogens (tertiary/aromatic N) is 3. The Balaban J connectivity index is 2.41. The van der Waals surface area contributed by atoms with E-state index >= 15 is 0 Å². The van der Waals surface area contributed by atoms with E-state index in [4.69, 9.17) is 28.1 Å². The Kier molecular flexibility index (Phi) is 13.6. The topological polar surface area (TPSA) is 128 Å². The second-order valence-electron chi connectivity index (χ2n) is 8.93. The number of H-pyrrole nitrogens is 1. The number of nitriles is 1. The van der Waals surface area contributed by atoms with Crippen molar-refractivity contribution in [3.8, 4) is 6.07 Å². The predicted molar refractivity (Wildman–Crippen MR) is 144 cm³/mol. The van der Waals surface area contributed by atoms with Crippen LogP contribution in [0.2, 0.25) is 0 Å². The summed E-state index contributed by atoms with van der Waals surface area (Å²) in [6.45, 7) is 14.9. The van der Waals surface area contributed by atoms with Gasteiger partial charge in [0.05, 0.1) is 38.4 Å². The highest BCUT2D eigenvalue weighted by molar-refractivity contribution is 7.50. The molecule has 1 saturated heterocycles. The predicted octanol–water partition coefficient (Wildman–Crippen LogP) is 4.69. The fraction of sp³-hybridized carbons (Fsp3) is 0.708. The summed E-state index contributed by atoms with van der Waals surface area (Å²) >= 11 is 0. The van der Waals surface area contributed by atoms with E-state index in [0.29, 0.717) is 25.2 Å². The fourth-order valence-corrected chi connectivity index (χ4v) is 6.68. The first-order chi connectivity index (χ1) is 17.6. The van der Waals surface area contributed by atoms with Gasteiger partial charge >= 0.3 is 5.69 Å². The molecule has 0 saturated carbocycles. The van der Waals surface area contributed by atoms with E-state index in [-0.39, 0.29) is 31.2 Å². The molecule has 1 aromatic heterocycles. The first-order valence-electron chi connectivity index (χ1n) is 12.6. The highest BCUT2D eigenvalue weighted by Crippen LogP contribution is 2.50. The van der Waals surface area contributed by atoms with Crippen molar-refractivity contribution in [3.05, 3.63) is 44.5 Å². The van der Waals surface area contributed by atoms with Crippen molar-refractivity contribution in [2.75, 3.05) is 19.8 Å². The Bertz CT molecular complexity index is 1010. The molecular formula is C24H40N4O7P2. The van der Waals surface area contributed by atoms with Crippen molar-refractivity contribution < 1.29 is 22.8 Å². The Morgan fingerprint density at radius 3 is 2.43 bits per heavy atom. The van der Waals surface area contributed by atoms with E-state index in [2.05, 4.69) is 43.4 Å². The van der Waals surface area contributed by atoms with Crippen LogP contribution in [0.5, 0.6) is 0 Å². The minimum absolute atomic E-state index is 0.114. The van der Waals surface area contributed by atoms with Gasteiger partial charge in [0.1, 0.15) is 6.10 Å². The van der Waals surface area contributed by atoms with E-state index in [1.807, 2.05) is 25.7 Å². The van der Waals surface area contributed by atoms with Crippen LogP contribution in [0.15, 0.2) is 27.7 Å². The summed E-state index contributed by atoms with van der Waals surface area (Å²) in [6.07, 6.45) is 2.30. The van der Waals surface area contributed by atoms with Crippen LogP contribution in [-0.4, -0.2) is 58.3 Å². The molecular weight excluding hydrogens is 518 g/mol. The Labute approximate surface area is 221 Å². The molecule has 1 N–H and O–H groups in total. The molecule has 0 spiro atoms. The summed E-state index contributed by atoms with van der Waals surface area (Å²) in [4.78, 5) is 27.1. The SMILES string of the molecule is CCOP(/C=C/C1C[C@H](OP(OCCC#N)N(C(C)C)C(C)C)C(n2cc(C)c(=O)[nH]c2=O)O1)OCC. The monoisotopic (exact) mass is 558 g/mol. The van der Waals surface area contributed by atoms with Gasteiger partial charge in [0.2, 0.25) is 0 Å². The van der Waals surface area contributed by atoms with Crippen LogP contribution in [0.1, 0.15) is 66.2 Å². The van der Waals surface area contributed by atoms with E-state index < -0.39 is 40.5 Å². The first kappa shape index (κ1) is 31.7. The summed E-state index contributed by atoms with van der Waals surface area (Å²) in [5.74, 6) is 1.86. The van der Waals surface area contributed by atoms with E-state index in [1.165, 1.54) is 10.8 Å². The lowest BCUT2D eigenvalue weighted by Crippen LogP contribution is -2.38. The largest absolute Gasteiger partial charge is 0.348 e. The standard InChI is InChI=1S/C24H40N4O7P2/c1-8-31-36(32-9-2)14-11-20-15-21(23(34-20)27-16-19(7)22(29)26-24(27)30)35-37(33-13-10-12-25)28(17(3)4)18(5)6/h11,14,16-18,20-21,23H,8-10,13,15H2,1-7H3,(H,26,29,30)/b14-11+/t20?,21-,23?,37?/m0/s1. The summed E-state index contributed by atoms with van der Waals surface area (Å²) in [7, 11) is -2.78. The maximum absolute atomic E-state index is 12.8. The summed E-state index contributed by atoms with van der Waals surface area (Å²) in [6, 6.07) is 2.33. The molecule has 3 unspecified atom stereocenters. The molecule has 0 bridgehead atoms. The molecule has 1 aromatic rings. The Morgan fingerprint density at radius 1 is 1.22 bits per heavy atom. The van der Waals surface area contributed by atoms with Crippen LogP contribution < -0.4 is 11.2 Å². The molecule has 1 aliphatic heterocycles. The van der Waals surface area contributed by atoms with Gasteiger partial charge in [-0.25, -0.2) is 9.46 Å². The highest BCUT2D eigenvalue weighted by atomic mass is 31.2. The van der Waals surface area contributed by atoms with Crippen molar-refractivity contribution in [2.45, 2.75) is 91.8 Å². The smallest absolute Gasteiger partial charge is 0.330 e. The van der Waals surface area contributed by atoms with E-state index in [9.17, 15) is 9.59 Å². The van der Waals surface area contributed by atoms with Crippen LogP contribution >= 0.6 is 16.9 Å². The van der Waals surface area contributed by atoms with Gasteiger partial charge in [-0.15, -0.1) is 0 Å². The lowest BCUT2D eigenvalue weighted by Gasteiger charge is -2.37. The average Bonchev–Trinajstić information content (AvgIpc) is 3.22. The molecule has 1 aliphatic rings. The maximum atomic E-state index is 12.8. The quantitative estimate of drug-likeness (QED) is 0.241. The number of hydrogen-bond acceptors (Lipinski definition) is 9. The first-order valence-corrected chi connectivity index (χ1v) is 15.0. The molecule has 13 heteroatoms. The van der Waals surface area contributed by atoms with Crippen molar-refractivity contribution >= 4 is 16.9 Å². The van der Waals surface area contributed by atoms with Crippen LogP contribution in [0, 0.1) is 18.3 Å². The van der Waals surface area contributed by atoms with Gasteiger partial charge in [-0.05, 0) is 54.3 Å². The molecule has 0 radical (unpaired) electrons. The molecule has 11 nitrogen and oxygen atoms in total. The van der Waals surface area contributed by atoms with Crippen LogP contribution in [0.3, 0.4) is 0 Å². The lowest BCUT2D eigenvalue weighted by molar-refractivity contribution is -0.0246. The maximum Gasteiger partial charge on any atom is 0.330 e. The van der Waals surface area contributed by atoms with Crippen molar-refractivity contribution in [1.82, 2.24) is 14.2 Å². The summed E-state index contributed by atoms with van der Waals surface area (Å²) in [5.41, 5.74) is -0.639. The van der Waals surface area contributed by atoms with Crippen LogP contribution in [-0.2, 0) is 22.8 Å². The zero-order chi connectivity index (χ0) is 27.5. The zero-order valence-electron chi connectivity index (χ0n) is 22.7. The van der Waals surface area contributed by atoms with Crippen molar-refractivity contribution in [2.24, 2.45) is 0 Å². The Hall–Kier alpha value is -1.47.